The number of carbonyl (C=O) groups is 1. The van der Waals surface area contributed by atoms with Crippen molar-refractivity contribution in [1.29, 1.82) is 0 Å². The molecule has 0 aliphatic carbocycles. The van der Waals surface area contributed by atoms with Gasteiger partial charge in [-0.2, -0.15) is 4.39 Å². The van der Waals surface area contributed by atoms with Gasteiger partial charge in [-0.05, 0) is 24.1 Å². The van der Waals surface area contributed by atoms with Gasteiger partial charge in [-0.25, -0.2) is 4.79 Å². The molecule has 0 saturated heterocycles. The number of nitro groups is 1. The van der Waals surface area contributed by atoms with Crippen molar-refractivity contribution in [1.82, 2.24) is 5.32 Å². The second-order valence-electron chi connectivity index (χ2n) is 5.09. The molecule has 6 nitrogen and oxygen atoms in total. The van der Waals surface area contributed by atoms with Crippen molar-refractivity contribution < 1.29 is 18.8 Å². The second kappa shape index (κ2) is 8.45. The van der Waals surface area contributed by atoms with Gasteiger partial charge in [0.2, 0.25) is 5.82 Å². The van der Waals surface area contributed by atoms with Gasteiger partial charge in [0.15, 0.2) is 0 Å². The van der Waals surface area contributed by atoms with Crippen LogP contribution in [0.4, 0.5) is 14.9 Å². The molecule has 0 aliphatic heterocycles. The minimum Gasteiger partial charge on any atom is -0.445 e. The van der Waals surface area contributed by atoms with Crippen LogP contribution in [0, 0.1) is 34.7 Å². The summed E-state index contributed by atoms with van der Waals surface area (Å²) in [6.45, 7) is 1.75. The van der Waals surface area contributed by atoms with Crippen molar-refractivity contribution in [3.63, 3.8) is 0 Å². The fourth-order valence-corrected chi connectivity index (χ4v) is 1.97. The summed E-state index contributed by atoms with van der Waals surface area (Å²) < 4.78 is 18.6. The lowest BCUT2D eigenvalue weighted by atomic mass is 10.1. The zero-order valence-corrected chi connectivity index (χ0v) is 13.4. The van der Waals surface area contributed by atoms with E-state index in [9.17, 15) is 19.3 Å². The molecule has 0 aromatic heterocycles. The van der Waals surface area contributed by atoms with Crippen LogP contribution in [0.5, 0.6) is 0 Å². The summed E-state index contributed by atoms with van der Waals surface area (Å²) in [4.78, 5) is 21.4. The molecule has 0 atom stereocenters. The highest BCUT2D eigenvalue weighted by atomic mass is 19.1. The van der Waals surface area contributed by atoms with E-state index in [-0.39, 0.29) is 13.2 Å². The van der Waals surface area contributed by atoms with Crippen LogP contribution < -0.4 is 5.32 Å². The number of hydrogen-bond acceptors (Lipinski definition) is 4. The maximum absolute atomic E-state index is 13.6. The molecule has 0 aliphatic rings. The van der Waals surface area contributed by atoms with E-state index in [0.717, 1.165) is 17.7 Å². The summed E-state index contributed by atoms with van der Waals surface area (Å²) in [6.07, 6.45) is -0.621. The molecule has 0 spiro atoms. The average Bonchev–Trinajstić information content (AvgIpc) is 2.60. The van der Waals surface area contributed by atoms with Gasteiger partial charge in [0.1, 0.15) is 6.61 Å². The Hall–Kier alpha value is -3.40. The van der Waals surface area contributed by atoms with Crippen LogP contribution in [0.3, 0.4) is 0 Å². The molecular formula is C18H15FN2O4. The number of nitrogens with zero attached hydrogens (tertiary/aromatic N) is 1. The topological polar surface area (TPSA) is 81.5 Å². The average molecular weight is 342 g/mol. The lowest BCUT2D eigenvalue weighted by Crippen LogP contribution is -2.24. The van der Waals surface area contributed by atoms with Gasteiger partial charge in [0, 0.05) is 11.6 Å². The Balaban J connectivity index is 1.87. The molecular weight excluding hydrogens is 327 g/mol. The van der Waals surface area contributed by atoms with E-state index in [1.807, 2.05) is 30.3 Å². The van der Waals surface area contributed by atoms with Crippen molar-refractivity contribution in [2.75, 3.05) is 6.54 Å². The molecule has 2 aromatic rings. The summed E-state index contributed by atoms with van der Waals surface area (Å²) in [6, 6.07) is 11.3. The summed E-state index contributed by atoms with van der Waals surface area (Å²) in [5.41, 5.74) is 1.07. The Morgan fingerprint density at radius 3 is 2.72 bits per heavy atom. The van der Waals surface area contributed by atoms with Gasteiger partial charge in [0.25, 0.3) is 0 Å². The van der Waals surface area contributed by atoms with E-state index in [2.05, 4.69) is 17.2 Å². The molecule has 1 amide bonds. The first-order chi connectivity index (χ1) is 12.0. The molecule has 0 fully saturated rings. The Labute approximate surface area is 143 Å². The quantitative estimate of drug-likeness (QED) is 0.525. The van der Waals surface area contributed by atoms with Crippen molar-refractivity contribution >= 4 is 11.8 Å². The van der Waals surface area contributed by atoms with E-state index in [1.54, 1.807) is 6.92 Å². The number of aryl methyl sites for hydroxylation is 1. The highest BCUT2D eigenvalue weighted by molar-refractivity contribution is 5.67. The zero-order chi connectivity index (χ0) is 18.2. The van der Waals surface area contributed by atoms with Gasteiger partial charge in [-0.15, -0.1) is 0 Å². The summed E-state index contributed by atoms with van der Waals surface area (Å²) in [5, 5.41) is 13.1. The van der Waals surface area contributed by atoms with Crippen LogP contribution in [-0.2, 0) is 11.3 Å². The van der Waals surface area contributed by atoms with Crippen molar-refractivity contribution in [3.05, 3.63) is 75.1 Å². The smallest absolute Gasteiger partial charge is 0.408 e. The largest absolute Gasteiger partial charge is 0.445 e. The number of hydrogen-bond donors (Lipinski definition) is 1. The number of amides is 1. The molecule has 7 heteroatoms. The fourth-order valence-electron chi connectivity index (χ4n) is 1.97. The first-order valence-electron chi connectivity index (χ1n) is 7.35. The van der Waals surface area contributed by atoms with Crippen LogP contribution in [0.15, 0.2) is 42.5 Å². The van der Waals surface area contributed by atoms with Crippen LogP contribution in [0.25, 0.3) is 0 Å². The van der Waals surface area contributed by atoms with E-state index >= 15 is 0 Å². The lowest BCUT2D eigenvalue weighted by Gasteiger charge is -2.04. The highest BCUT2D eigenvalue weighted by Gasteiger charge is 2.15. The molecule has 0 radical (unpaired) electrons. The van der Waals surface area contributed by atoms with Crippen molar-refractivity contribution in [3.8, 4) is 11.8 Å². The number of rotatable bonds is 4. The molecule has 0 bridgehead atoms. The number of nitrogens with one attached hydrogen (secondary N) is 1. The Kier molecular flexibility index (Phi) is 6.07. The first kappa shape index (κ1) is 17.9. The summed E-state index contributed by atoms with van der Waals surface area (Å²) in [5.74, 6) is 4.37. The Morgan fingerprint density at radius 1 is 1.32 bits per heavy atom. The summed E-state index contributed by atoms with van der Waals surface area (Å²) in [7, 11) is 0. The minimum absolute atomic E-state index is 0.00562. The maximum Gasteiger partial charge on any atom is 0.408 e. The van der Waals surface area contributed by atoms with Crippen LogP contribution in [0.1, 0.15) is 16.7 Å². The number of carbonyl (C=O) groups excluding carboxylic acids is 1. The first-order valence-corrected chi connectivity index (χ1v) is 7.35. The number of alkyl carbamates (subject to hydrolysis) is 1. The van der Waals surface area contributed by atoms with E-state index in [1.165, 1.54) is 0 Å². The van der Waals surface area contributed by atoms with E-state index in [4.69, 9.17) is 4.74 Å². The van der Waals surface area contributed by atoms with E-state index < -0.39 is 22.5 Å². The zero-order valence-electron chi connectivity index (χ0n) is 13.4. The molecule has 25 heavy (non-hydrogen) atoms. The van der Waals surface area contributed by atoms with Crippen LogP contribution in [0.2, 0.25) is 0 Å². The fraction of sp³-hybridized carbons (Fsp3) is 0.167. The molecule has 2 aromatic carbocycles. The normalized spacial score (nSPS) is 9.68. The monoisotopic (exact) mass is 342 g/mol. The highest BCUT2D eigenvalue weighted by Crippen LogP contribution is 2.21. The van der Waals surface area contributed by atoms with Gasteiger partial charge >= 0.3 is 11.8 Å². The second-order valence-corrected chi connectivity index (χ2v) is 5.09. The minimum atomic E-state index is -0.949. The predicted molar refractivity (Wildman–Crippen MR) is 89.3 cm³/mol. The molecule has 1 N–H and O–H groups in total. The Morgan fingerprint density at radius 2 is 2.04 bits per heavy atom. The summed E-state index contributed by atoms with van der Waals surface area (Å²) >= 11 is 0. The van der Waals surface area contributed by atoms with Crippen molar-refractivity contribution in [2.45, 2.75) is 13.5 Å². The van der Waals surface area contributed by atoms with Gasteiger partial charge in [-0.3, -0.25) is 10.1 Å². The molecule has 0 heterocycles. The molecule has 128 valence electrons. The lowest BCUT2D eigenvalue weighted by molar-refractivity contribution is -0.387. The number of halogens is 1. The SMILES string of the molecule is Cc1cc([N+](=O)[O-])c(F)cc1C#CCNC(=O)OCc1ccccc1. The Bertz CT molecular complexity index is 841. The molecule has 0 unspecified atom stereocenters. The number of ether oxygens (including phenoxy) is 1. The van der Waals surface area contributed by atoms with Gasteiger partial charge < -0.3 is 10.1 Å². The number of nitro benzene ring substituents is 1. The van der Waals surface area contributed by atoms with Crippen LogP contribution in [-0.4, -0.2) is 17.6 Å². The van der Waals surface area contributed by atoms with E-state index in [0.29, 0.717) is 11.1 Å². The molecule has 0 saturated carbocycles. The third kappa shape index (κ3) is 5.32. The third-order valence-electron chi connectivity index (χ3n) is 3.25. The standard InChI is InChI=1S/C18H15FN2O4/c1-13-10-17(21(23)24)16(19)11-15(13)8-5-9-20-18(22)25-12-14-6-3-2-4-7-14/h2-4,6-7,10-11H,9,12H2,1H3,(H,20,22). The predicted octanol–water partition coefficient (Wildman–Crippen LogP) is 3.32. The van der Waals surface area contributed by atoms with Gasteiger partial charge in [-0.1, -0.05) is 42.2 Å². The third-order valence-corrected chi connectivity index (χ3v) is 3.25. The van der Waals surface area contributed by atoms with Gasteiger partial charge in [0.05, 0.1) is 11.5 Å². The molecule has 2 rings (SSSR count). The van der Waals surface area contributed by atoms with Crippen molar-refractivity contribution in [2.24, 2.45) is 0 Å². The van der Waals surface area contributed by atoms with Crippen LogP contribution >= 0.6 is 0 Å². The maximum atomic E-state index is 13.6. The number of benzene rings is 2.